The topological polar surface area (TPSA) is 132 Å². The lowest BCUT2D eigenvalue weighted by Gasteiger charge is -2.28. The van der Waals surface area contributed by atoms with Crippen molar-refractivity contribution in [3.63, 3.8) is 0 Å². The number of nitrogens with zero attached hydrogens (tertiary/aromatic N) is 1. The van der Waals surface area contributed by atoms with Crippen molar-refractivity contribution in [3.05, 3.63) is 56.2 Å². The Morgan fingerprint density at radius 2 is 2.23 bits per heavy atom. The van der Waals surface area contributed by atoms with E-state index in [4.69, 9.17) is 44.9 Å². The number of aliphatic hydroxyl groups excluding tert-OH is 2. The highest BCUT2D eigenvalue weighted by molar-refractivity contribution is 7.71. The van der Waals surface area contributed by atoms with Gasteiger partial charge >= 0.3 is 13.5 Å². The number of hydrogen-bond acceptors (Lipinski definition) is 9. The van der Waals surface area contributed by atoms with Crippen LogP contribution in [0.4, 0.5) is 4.39 Å². The lowest BCUT2D eigenvalue weighted by Crippen LogP contribution is -2.43. The third kappa shape index (κ3) is 3.85. The molecule has 0 aliphatic carbocycles. The number of aromatic nitrogens is 2. The second-order valence-electron chi connectivity index (χ2n) is 6.35. The van der Waals surface area contributed by atoms with Gasteiger partial charge in [-0.2, -0.15) is 0 Å². The minimum Gasteiger partial charge on any atom is -0.404 e. The van der Waals surface area contributed by atoms with Gasteiger partial charge in [-0.3, -0.25) is 18.6 Å². The van der Waals surface area contributed by atoms with Gasteiger partial charge in [0.1, 0.15) is 29.2 Å². The summed E-state index contributed by atoms with van der Waals surface area (Å²) in [6.45, 7) is -3.96. The summed E-state index contributed by atoms with van der Waals surface area (Å²) in [7, 11) is -4.72. The molecule has 3 heterocycles. The lowest BCUT2D eigenvalue weighted by atomic mass is 10.1. The number of phosphoric acid groups is 1. The van der Waals surface area contributed by atoms with Crippen LogP contribution in [0.5, 0.6) is 5.75 Å². The van der Waals surface area contributed by atoms with Crippen LogP contribution in [0.2, 0.25) is 5.02 Å². The third-order valence-corrected chi connectivity index (χ3v) is 6.25. The molecule has 162 valence electrons. The van der Waals surface area contributed by atoms with Crippen molar-refractivity contribution >= 4 is 31.6 Å². The second kappa shape index (κ2) is 7.81. The highest BCUT2D eigenvalue weighted by atomic mass is 35.5. The Bertz CT molecular complexity index is 1230. The van der Waals surface area contributed by atoms with E-state index < -0.39 is 44.4 Å². The Morgan fingerprint density at radius 1 is 1.50 bits per heavy atom. The minimum absolute atomic E-state index is 0.0670. The minimum atomic E-state index is -4.72. The van der Waals surface area contributed by atoms with E-state index in [-0.39, 0.29) is 22.0 Å². The van der Waals surface area contributed by atoms with Crippen LogP contribution in [0.3, 0.4) is 0 Å². The molecule has 10 nitrogen and oxygen atoms in total. The Hall–Kier alpha value is -1.63. The molecule has 2 aliphatic rings. The van der Waals surface area contributed by atoms with E-state index in [0.717, 1.165) is 6.20 Å². The van der Waals surface area contributed by atoms with Gasteiger partial charge in [0, 0.05) is 11.8 Å². The fourth-order valence-corrected chi connectivity index (χ4v) is 4.20. The number of fused-ring (bicyclic) bond motifs is 1. The predicted molar refractivity (Wildman–Crippen MR) is 102 cm³/mol. The number of aromatic amines is 1. The quantitative estimate of drug-likeness (QED) is 0.443. The summed E-state index contributed by atoms with van der Waals surface area (Å²) >= 11 is 10.6. The van der Waals surface area contributed by atoms with Crippen molar-refractivity contribution < 1.29 is 40.2 Å². The predicted octanol–water partition coefficient (Wildman–Crippen LogP) is 2.21. The molecule has 1 unspecified atom stereocenters. The number of halogens is 2. The first-order chi connectivity index (χ1) is 14.9. The average Bonchev–Trinajstić information content (AvgIpc) is 2.95. The number of nitrogens with one attached hydrogen (secondary N) is 1. The molecule has 5 atom stereocenters. The van der Waals surface area contributed by atoms with Crippen LogP contribution in [0.1, 0.15) is 14.5 Å². The highest BCUT2D eigenvalue weighted by Gasteiger charge is 2.57. The Kier molecular flexibility index (Phi) is 4.97. The number of aliphatic hydroxyl groups is 2. The van der Waals surface area contributed by atoms with Crippen LogP contribution in [0.25, 0.3) is 0 Å². The molecule has 1 aromatic carbocycles. The highest BCUT2D eigenvalue weighted by Crippen LogP contribution is 2.55. The molecule has 1 saturated heterocycles. The summed E-state index contributed by atoms with van der Waals surface area (Å²) in [6, 6.07) is 6.24. The van der Waals surface area contributed by atoms with Crippen molar-refractivity contribution in [2.75, 3.05) is 6.56 Å². The summed E-state index contributed by atoms with van der Waals surface area (Å²) in [4.78, 5) is 14.3. The molecule has 30 heavy (non-hydrogen) atoms. The third-order valence-electron chi connectivity index (χ3n) is 4.34. The van der Waals surface area contributed by atoms with Crippen molar-refractivity contribution in [1.29, 1.82) is 0 Å². The van der Waals surface area contributed by atoms with Crippen LogP contribution >= 0.6 is 31.6 Å². The number of rotatable bonds is 4. The van der Waals surface area contributed by atoms with E-state index in [1.165, 1.54) is 6.07 Å². The van der Waals surface area contributed by atoms with Crippen molar-refractivity contribution in [2.45, 2.75) is 30.9 Å². The zero-order valence-corrected chi connectivity index (χ0v) is 17.2. The first-order valence-electron chi connectivity index (χ1n) is 9.33. The lowest BCUT2D eigenvalue weighted by molar-refractivity contribution is -0.205. The number of H-pyrrole nitrogens is 1. The number of hydrogen-bond donors (Lipinski definition) is 3. The fraction of sp³-hybridized carbons (Fsp3) is 0.375. The molecule has 14 heteroatoms. The zero-order valence-electron chi connectivity index (χ0n) is 16.7. The number of phosphoric ester groups is 1. The van der Waals surface area contributed by atoms with Crippen LogP contribution < -0.4 is 10.2 Å². The van der Waals surface area contributed by atoms with Gasteiger partial charge < -0.3 is 19.5 Å². The van der Waals surface area contributed by atoms with Crippen molar-refractivity contribution in [2.24, 2.45) is 0 Å². The van der Waals surface area contributed by atoms with E-state index in [2.05, 4.69) is 4.98 Å². The van der Waals surface area contributed by atoms with Gasteiger partial charge in [-0.15, -0.1) is 0 Å². The van der Waals surface area contributed by atoms with Crippen LogP contribution in [0.15, 0.2) is 35.3 Å². The van der Waals surface area contributed by atoms with Crippen LogP contribution in [0, 0.1) is 4.64 Å². The van der Waals surface area contributed by atoms with Crippen LogP contribution in [-0.4, -0.2) is 44.4 Å². The Balaban J connectivity index is 1.63. The number of para-hydroxylation sites is 1. The largest absolute Gasteiger partial charge is 0.530 e. The molecule has 3 N–H and O–H groups in total. The average molecular weight is 483 g/mol. The van der Waals surface area contributed by atoms with Gasteiger partial charge in [0.15, 0.2) is 6.23 Å². The van der Waals surface area contributed by atoms with Gasteiger partial charge in [0.05, 0.1) is 14.4 Å². The number of benzene rings is 1. The Labute approximate surface area is 181 Å². The van der Waals surface area contributed by atoms with Gasteiger partial charge in [0.25, 0.3) is 5.85 Å². The maximum atomic E-state index is 15.7. The Morgan fingerprint density at radius 3 is 3.00 bits per heavy atom. The summed E-state index contributed by atoms with van der Waals surface area (Å²) in [5.74, 6) is -3.74. The molecular formula is C16H15ClFN2O8PS. The monoisotopic (exact) mass is 482 g/mol. The molecule has 0 saturated carbocycles. The smallest absolute Gasteiger partial charge is 0.404 e. The maximum absolute atomic E-state index is 15.7. The molecule has 0 radical (unpaired) electrons. The molecular weight excluding hydrogens is 466 g/mol. The fourth-order valence-electron chi connectivity index (χ4n) is 2.82. The summed E-state index contributed by atoms with van der Waals surface area (Å²) < 4.78 is 64.6. The maximum Gasteiger partial charge on any atom is 0.530 e. The summed E-state index contributed by atoms with van der Waals surface area (Å²) in [5.41, 5.74) is -0.492. The van der Waals surface area contributed by atoms with Gasteiger partial charge in [0.2, 0.25) is 0 Å². The molecule has 0 spiro atoms. The first kappa shape index (κ1) is 19.1. The second-order valence-corrected chi connectivity index (χ2v) is 8.68. The molecule has 0 bridgehead atoms. The van der Waals surface area contributed by atoms with Gasteiger partial charge in [-0.05, 0) is 6.07 Å². The molecule has 1 fully saturated rings. The molecule has 4 rings (SSSR count). The van der Waals surface area contributed by atoms with E-state index in [9.17, 15) is 19.6 Å². The van der Waals surface area contributed by atoms with Gasteiger partial charge in [-0.25, -0.2) is 13.8 Å². The van der Waals surface area contributed by atoms with Crippen molar-refractivity contribution in [3.8, 4) is 5.75 Å². The van der Waals surface area contributed by atoms with E-state index in [0.29, 0.717) is 10.1 Å². The summed E-state index contributed by atoms with van der Waals surface area (Å²) in [6.07, 6.45) is -5.77. The zero-order chi connectivity index (χ0) is 23.5. The summed E-state index contributed by atoms with van der Waals surface area (Å²) in [5, 5.41) is 20.4. The van der Waals surface area contributed by atoms with E-state index in [1.54, 1.807) is 18.2 Å². The normalized spacial score (nSPS) is 34.6. The SMILES string of the molecule is [2H]C([2H])(OP1(=O)OCc2ccccc2O1)[C@@]1(F)O[C@@H](n2cc(Cl)c(=S)[nH]c2=O)[C@H](O)[C@@H]1O. The molecule has 2 aliphatic heterocycles. The molecule has 1 aromatic heterocycles. The van der Waals surface area contributed by atoms with Gasteiger partial charge in [-0.1, -0.05) is 42.0 Å². The molecule has 0 amide bonds. The number of alkyl halides is 1. The van der Waals surface area contributed by atoms with Crippen molar-refractivity contribution in [1.82, 2.24) is 9.55 Å². The standard InChI is InChI=1S/C16H15ClFN2O8PS/c17-9-5-20(15(23)19-13(9)30)14-11(21)12(22)16(18,27-14)7-26-29(24)25-6-8-3-1-2-4-10(8)28-29/h1-5,11-12,14,21-22H,6-7H2,(H,19,23,30)/t11-,12+,14-,16-,29?/m1/s1/i7D2. The van der Waals surface area contributed by atoms with Crippen LogP contribution in [-0.2, 0) is 25.0 Å². The number of ether oxygens (including phenoxy) is 1. The molecule has 2 aromatic rings. The van der Waals surface area contributed by atoms with E-state index in [1.807, 2.05) is 0 Å². The first-order valence-corrected chi connectivity index (χ1v) is 10.6. The van der Waals surface area contributed by atoms with E-state index >= 15 is 4.39 Å².